The minimum absolute atomic E-state index is 0. The molecular formula is C22H31F2IN4O2. The summed E-state index contributed by atoms with van der Waals surface area (Å²) in [6, 6.07) is 9.91. The van der Waals surface area contributed by atoms with E-state index < -0.39 is 12.7 Å². The number of aromatic nitrogens is 1. The third-order valence-electron chi connectivity index (χ3n) is 4.66. The molecule has 2 rings (SSSR count). The summed E-state index contributed by atoms with van der Waals surface area (Å²) in [5, 5.41) is 16.7. The topological polar surface area (TPSA) is 78.8 Å². The van der Waals surface area contributed by atoms with Crippen LogP contribution in [0.4, 0.5) is 8.78 Å². The molecule has 2 unspecified atom stereocenters. The number of hydrogen-bond donors (Lipinski definition) is 3. The Morgan fingerprint density at radius 1 is 1.13 bits per heavy atom. The number of aliphatic imine (C=N–C) groups is 1. The first-order valence-electron chi connectivity index (χ1n) is 10.1. The van der Waals surface area contributed by atoms with Crippen LogP contribution in [0.2, 0.25) is 0 Å². The van der Waals surface area contributed by atoms with E-state index >= 15 is 0 Å². The van der Waals surface area contributed by atoms with Crippen molar-refractivity contribution < 1.29 is 18.6 Å². The molecule has 9 heteroatoms. The van der Waals surface area contributed by atoms with Crippen molar-refractivity contribution in [3.63, 3.8) is 0 Å². The zero-order valence-corrected chi connectivity index (χ0v) is 20.3. The van der Waals surface area contributed by atoms with Crippen molar-refractivity contribution in [3.8, 4) is 5.75 Å². The molecule has 0 saturated carbocycles. The van der Waals surface area contributed by atoms with Crippen molar-refractivity contribution >= 4 is 29.9 Å². The molecule has 2 atom stereocenters. The summed E-state index contributed by atoms with van der Waals surface area (Å²) < 4.78 is 28.8. The normalized spacial score (nSPS) is 13.5. The predicted molar refractivity (Wildman–Crippen MR) is 129 cm³/mol. The van der Waals surface area contributed by atoms with Crippen molar-refractivity contribution in [2.75, 3.05) is 19.6 Å². The summed E-state index contributed by atoms with van der Waals surface area (Å²) >= 11 is 0. The number of aliphatic hydroxyl groups excluding tert-OH is 1. The number of halogens is 3. The van der Waals surface area contributed by atoms with Gasteiger partial charge in [-0.25, -0.2) is 0 Å². The van der Waals surface area contributed by atoms with Crippen LogP contribution in [0.3, 0.4) is 0 Å². The number of benzene rings is 1. The molecule has 0 aliphatic rings. The fraction of sp³-hybridized carbons (Fsp3) is 0.455. The SMILES string of the molecule is CCNC(=NCC(c1cccnc1)C(C)C)NCC(O)c1ccc(OC(F)F)cc1.I. The van der Waals surface area contributed by atoms with E-state index in [1.54, 1.807) is 18.3 Å². The third kappa shape index (κ3) is 9.34. The van der Waals surface area contributed by atoms with Gasteiger partial charge in [-0.15, -0.1) is 24.0 Å². The van der Waals surface area contributed by atoms with E-state index in [0.717, 1.165) is 5.56 Å². The zero-order valence-electron chi connectivity index (χ0n) is 18.0. The second-order valence-corrected chi connectivity index (χ2v) is 7.20. The predicted octanol–water partition coefficient (Wildman–Crippen LogP) is 4.33. The highest BCUT2D eigenvalue weighted by molar-refractivity contribution is 14.0. The van der Waals surface area contributed by atoms with Crippen LogP contribution < -0.4 is 15.4 Å². The lowest BCUT2D eigenvalue weighted by atomic mass is 9.89. The standard InChI is InChI=1S/C22H30F2N4O2.HI/c1-4-26-22(27-13-19(15(2)3)17-6-5-11-25-12-17)28-14-20(29)16-7-9-18(10-8-16)30-21(23)24;/h5-12,15,19-21,29H,4,13-14H2,1-3H3,(H2,26,27,28);1H. The monoisotopic (exact) mass is 548 g/mol. The number of guanidine groups is 1. The van der Waals surface area contributed by atoms with Crippen LogP contribution in [-0.4, -0.2) is 42.3 Å². The largest absolute Gasteiger partial charge is 0.435 e. The lowest BCUT2D eigenvalue weighted by molar-refractivity contribution is -0.0498. The Labute approximate surface area is 199 Å². The Morgan fingerprint density at radius 3 is 2.39 bits per heavy atom. The van der Waals surface area contributed by atoms with Gasteiger partial charge in [0.2, 0.25) is 0 Å². The van der Waals surface area contributed by atoms with Gasteiger partial charge in [-0.1, -0.05) is 32.0 Å². The lowest BCUT2D eigenvalue weighted by Crippen LogP contribution is -2.39. The molecule has 172 valence electrons. The van der Waals surface area contributed by atoms with E-state index in [0.29, 0.717) is 30.5 Å². The Balaban J connectivity index is 0.00000480. The molecule has 0 saturated heterocycles. The Kier molecular flexibility index (Phi) is 12.3. The van der Waals surface area contributed by atoms with Gasteiger partial charge in [-0.3, -0.25) is 9.98 Å². The van der Waals surface area contributed by atoms with E-state index in [-0.39, 0.29) is 42.2 Å². The average Bonchev–Trinajstić information content (AvgIpc) is 2.72. The second-order valence-electron chi connectivity index (χ2n) is 7.20. The van der Waals surface area contributed by atoms with Gasteiger partial charge in [-0.05, 0) is 42.2 Å². The number of nitrogens with zero attached hydrogens (tertiary/aromatic N) is 2. The number of nitrogens with one attached hydrogen (secondary N) is 2. The van der Waals surface area contributed by atoms with Gasteiger partial charge in [0.25, 0.3) is 0 Å². The second kappa shape index (κ2) is 14.1. The summed E-state index contributed by atoms with van der Waals surface area (Å²) in [6.45, 7) is 4.88. The maximum atomic E-state index is 12.2. The number of rotatable bonds is 10. The molecule has 6 nitrogen and oxygen atoms in total. The third-order valence-corrected chi connectivity index (χ3v) is 4.66. The molecule has 3 N–H and O–H groups in total. The highest BCUT2D eigenvalue weighted by Gasteiger charge is 2.16. The van der Waals surface area contributed by atoms with Gasteiger partial charge in [0.15, 0.2) is 5.96 Å². The van der Waals surface area contributed by atoms with Crippen molar-refractivity contribution in [1.29, 1.82) is 0 Å². The van der Waals surface area contributed by atoms with E-state index in [9.17, 15) is 13.9 Å². The first-order valence-corrected chi connectivity index (χ1v) is 10.1. The Bertz CT molecular complexity index is 777. The highest BCUT2D eigenvalue weighted by atomic mass is 127. The molecule has 0 fully saturated rings. The molecule has 0 spiro atoms. The first-order chi connectivity index (χ1) is 14.4. The quantitative estimate of drug-likeness (QED) is 0.234. The molecule has 31 heavy (non-hydrogen) atoms. The first kappa shape index (κ1) is 27.0. The maximum Gasteiger partial charge on any atom is 0.387 e. The fourth-order valence-corrected chi connectivity index (χ4v) is 3.01. The molecule has 1 heterocycles. The van der Waals surface area contributed by atoms with Crippen LogP contribution in [0, 0.1) is 5.92 Å². The van der Waals surface area contributed by atoms with Crippen LogP contribution >= 0.6 is 24.0 Å². The number of ether oxygens (including phenoxy) is 1. The molecule has 0 aliphatic carbocycles. The van der Waals surface area contributed by atoms with Gasteiger partial charge in [0, 0.05) is 37.9 Å². The van der Waals surface area contributed by atoms with Gasteiger partial charge in [0.1, 0.15) is 5.75 Å². The lowest BCUT2D eigenvalue weighted by Gasteiger charge is -2.20. The van der Waals surface area contributed by atoms with Gasteiger partial charge < -0.3 is 20.5 Å². The molecule has 0 amide bonds. The summed E-state index contributed by atoms with van der Waals surface area (Å²) in [5.74, 6) is 1.27. The molecule has 2 aromatic rings. The number of pyridine rings is 1. The molecule has 0 aliphatic heterocycles. The number of hydrogen-bond acceptors (Lipinski definition) is 4. The Hall–Kier alpha value is -2.01. The summed E-state index contributed by atoms with van der Waals surface area (Å²) in [5.41, 5.74) is 1.73. The van der Waals surface area contributed by atoms with E-state index in [1.807, 2.05) is 19.2 Å². The van der Waals surface area contributed by atoms with Crippen LogP contribution in [0.25, 0.3) is 0 Å². The minimum atomic E-state index is -2.87. The molecule has 1 aromatic carbocycles. The smallest absolute Gasteiger partial charge is 0.387 e. The van der Waals surface area contributed by atoms with Crippen LogP contribution in [-0.2, 0) is 0 Å². The van der Waals surface area contributed by atoms with Gasteiger partial charge in [-0.2, -0.15) is 8.78 Å². The minimum Gasteiger partial charge on any atom is -0.435 e. The maximum absolute atomic E-state index is 12.2. The summed E-state index contributed by atoms with van der Waals surface area (Å²) in [6.07, 6.45) is 2.79. The van der Waals surface area contributed by atoms with E-state index in [4.69, 9.17) is 0 Å². The van der Waals surface area contributed by atoms with E-state index in [2.05, 4.69) is 45.3 Å². The van der Waals surface area contributed by atoms with Gasteiger partial charge >= 0.3 is 6.61 Å². The van der Waals surface area contributed by atoms with Crippen molar-refractivity contribution in [1.82, 2.24) is 15.6 Å². The molecule has 0 bridgehead atoms. The molecule has 0 radical (unpaired) electrons. The zero-order chi connectivity index (χ0) is 21.9. The van der Waals surface area contributed by atoms with Crippen LogP contribution in [0.1, 0.15) is 43.9 Å². The summed E-state index contributed by atoms with van der Waals surface area (Å²) in [7, 11) is 0. The van der Waals surface area contributed by atoms with Crippen LogP contribution in [0.15, 0.2) is 53.8 Å². The molecule has 1 aromatic heterocycles. The van der Waals surface area contributed by atoms with Crippen molar-refractivity contribution in [2.45, 2.75) is 39.4 Å². The number of aliphatic hydroxyl groups is 1. The van der Waals surface area contributed by atoms with Crippen molar-refractivity contribution in [3.05, 3.63) is 59.9 Å². The summed E-state index contributed by atoms with van der Waals surface area (Å²) in [4.78, 5) is 8.88. The Morgan fingerprint density at radius 2 is 1.84 bits per heavy atom. The highest BCUT2D eigenvalue weighted by Crippen LogP contribution is 2.24. The fourth-order valence-electron chi connectivity index (χ4n) is 3.01. The van der Waals surface area contributed by atoms with Crippen LogP contribution in [0.5, 0.6) is 5.75 Å². The molecular weight excluding hydrogens is 517 g/mol. The number of alkyl halides is 2. The average molecular weight is 548 g/mol. The van der Waals surface area contributed by atoms with E-state index in [1.165, 1.54) is 12.1 Å². The van der Waals surface area contributed by atoms with Crippen molar-refractivity contribution in [2.24, 2.45) is 10.9 Å². The van der Waals surface area contributed by atoms with Gasteiger partial charge in [0.05, 0.1) is 6.10 Å².